The lowest BCUT2D eigenvalue weighted by Gasteiger charge is -2.39. The molecule has 1 aromatic rings. The molecule has 0 aliphatic carbocycles. The number of likely N-dealkylation sites (N-methyl/N-ethyl adjacent to an activating group) is 1. The lowest BCUT2D eigenvalue weighted by atomic mass is 9.93. The summed E-state index contributed by atoms with van der Waals surface area (Å²) in [4.78, 5) is 16.7. The smallest absolute Gasteiger partial charge is 0.130 e. The molecule has 7 heteroatoms. The molecule has 3 aliphatic rings. The molecule has 0 bridgehead atoms. The van der Waals surface area contributed by atoms with Crippen LogP contribution in [0.5, 0.6) is 0 Å². The molecule has 0 saturated carbocycles. The van der Waals surface area contributed by atoms with Crippen molar-refractivity contribution in [2.45, 2.75) is 58.4 Å². The lowest BCUT2D eigenvalue weighted by molar-refractivity contribution is 0.282. The van der Waals surface area contributed by atoms with Gasteiger partial charge in [-0.05, 0) is 82.2 Å². The molecular weight excluding hydrogens is 487 g/mol. The number of fused-ring (bicyclic) bond motifs is 2. The molecule has 0 spiro atoms. The molecule has 6 nitrogen and oxygen atoms in total. The predicted molar refractivity (Wildman–Crippen MR) is 162 cm³/mol. The molecule has 2 saturated heterocycles. The summed E-state index contributed by atoms with van der Waals surface area (Å²) in [7, 11) is 3.95. The van der Waals surface area contributed by atoms with Crippen LogP contribution in [0.4, 0.5) is 4.39 Å². The van der Waals surface area contributed by atoms with Gasteiger partial charge in [-0.15, -0.1) is 0 Å². The second-order valence-corrected chi connectivity index (χ2v) is 11.0. The third-order valence-electron chi connectivity index (χ3n) is 8.03. The molecule has 1 aromatic carbocycles. The molecule has 2 fully saturated rings. The summed E-state index contributed by atoms with van der Waals surface area (Å²) in [5.41, 5.74) is 6.94. The third kappa shape index (κ3) is 7.20. The standard InChI is InChI=1S/C32H45FN6/c1-23-19-30(34-5)31-12-7-8-18-39(31)26(4)29-21-28(33)14-13-27(29)11-9-15-35-24(2)22-37(6)25(3)20-32(36-23)38-16-10-17-38/h13-14,19-21,31,35H,2,4,7-12,15-18,22H2,1,3,5-6H3/b23-19+,25-20+,34-30+,36-32+. The fourth-order valence-corrected chi connectivity index (χ4v) is 5.54. The van der Waals surface area contributed by atoms with Crippen molar-refractivity contribution < 1.29 is 4.39 Å². The maximum absolute atomic E-state index is 14.5. The number of hydrogen-bond donors (Lipinski definition) is 1. The number of halogens is 1. The zero-order valence-electron chi connectivity index (χ0n) is 24.3. The third-order valence-corrected chi connectivity index (χ3v) is 8.03. The van der Waals surface area contributed by atoms with Crippen molar-refractivity contribution in [3.8, 4) is 0 Å². The zero-order valence-corrected chi connectivity index (χ0v) is 24.3. The minimum absolute atomic E-state index is 0.0838. The van der Waals surface area contributed by atoms with Crippen molar-refractivity contribution >= 4 is 17.2 Å². The van der Waals surface area contributed by atoms with E-state index in [4.69, 9.17) is 9.98 Å². The van der Waals surface area contributed by atoms with E-state index in [0.29, 0.717) is 6.54 Å². The lowest BCUT2D eigenvalue weighted by Crippen LogP contribution is -2.43. The van der Waals surface area contributed by atoms with E-state index >= 15 is 0 Å². The van der Waals surface area contributed by atoms with Gasteiger partial charge in [0.15, 0.2) is 0 Å². The van der Waals surface area contributed by atoms with E-state index in [1.807, 2.05) is 13.1 Å². The minimum atomic E-state index is -0.229. The van der Waals surface area contributed by atoms with Crippen LogP contribution in [0.3, 0.4) is 0 Å². The Morgan fingerprint density at radius 1 is 1.05 bits per heavy atom. The number of hydrogen-bond acceptors (Lipinski definition) is 6. The highest BCUT2D eigenvalue weighted by Crippen LogP contribution is 2.31. The van der Waals surface area contributed by atoms with E-state index in [1.165, 1.54) is 6.42 Å². The van der Waals surface area contributed by atoms with E-state index in [9.17, 15) is 4.39 Å². The number of piperidine rings is 1. The number of amidine groups is 1. The van der Waals surface area contributed by atoms with Crippen molar-refractivity contribution in [1.82, 2.24) is 20.0 Å². The van der Waals surface area contributed by atoms with Gasteiger partial charge < -0.3 is 20.0 Å². The summed E-state index contributed by atoms with van der Waals surface area (Å²) in [6.45, 7) is 17.4. The minimum Gasteiger partial charge on any atom is -0.387 e. The van der Waals surface area contributed by atoms with Gasteiger partial charge in [0.25, 0.3) is 0 Å². The van der Waals surface area contributed by atoms with Crippen LogP contribution >= 0.6 is 0 Å². The fourth-order valence-electron chi connectivity index (χ4n) is 5.54. The van der Waals surface area contributed by atoms with Crippen molar-refractivity contribution in [2.75, 3.05) is 46.8 Å². The summed E-state index contributed by atoms with van der Waals surface area (Å²) in [5.74, 6) is 0.757. The highest BCUT2D eigenvalue weighted by Gasteiger charge is 2.28. The molecule has 0 amide bonds. The van der Waals surface area contributed by atoms with Gasteiger partial charge in [-0.1, -0.05) is 19.2 Å². The fraction of sp³-hybridized carbons (Fsp3) is 0.500. The van der Waals surface area contributed by atoms with Crippen LogP contribution in [0.1, 0.15) is 57.1 Å². The van der Waals surface area contributed by atoms with Crippen LogP contribution in [0, 0.1) is 5.82 Å². The van der Waals surface area contributed by atoms with Gasteiger partial charge in [-0.3, -0.25) is 4.99 Å². The van der Waals surface area contributed by atoms with Gasteiger partial charge >= 0.3 is 0 Å². The maximum Gasteiger partial charge on any atom is 0.130 e. The van der Waals surface area contributed by atoms with Gasteiger partial charge in [-0.25, -0.2) is 9.38 Å². The van der Waals surface area contributed by atoms with Crippen molar-refractivity contribution in [3.63, 3.8) is 0 Å². The van der Waals surface area contributed by atoms with E-state index in [1.54, 1.807) is 12.1 Å². The van der Waals surface area contributed by atoms with Crippen LogP contribution < -0.4 is 5.32 Å². The van der Waals surface area contributed by atoms with Gasteiger partial charge in [0.1, 0.15) is 11.7 Å². The van der Waals surface area contributed by atoms with E-state index in [0.717, 1.165) is 104 Å². The Morgan fingerprint density at radius 2 is 1.85 bits per heavy atom. The topological polar surface area (TPSA) is 46.5 Å². The van der Waals surface area contributed by atoms with Crippen molar-refractivity contribution in [3.05, 3.63) is 77.5 Å². The van der Waals surface area contributed by atoms with Crippen LogP contribution in [0.15, 0.2) is 70.6 Å². The SMILES string of the molecule is C=C1CN(C)/C(C)=C/C(N2CCC2)=N\C(C)=C\C(=N/C)C2CCCCN2C(=C)c2cc(F)ccc2CCCN1. The highest BCUT2D eigenvalue weighted by atomic mass is 19.1. The van der Waals surface area contributed by atoms with Crippen LogP contribution in [-0.2, 0) is 6.42 Å². The Hall–Kier alpha value is -3.35. The Morgan fingerprint density at radius 3 is 2.56 bits per heavy atom. The molecule has 1 atom stereocenters. The molecule has 1 unspecified atom stereocenters. The quantitative estimate of drug-likeness (QED) is 0.472. The van der Waals surface area contributed by atoms with Gasteiger partial charge in [0.05, 0.1) is 18.3 Å². The largest absolute Gasteiger partial charge is 0.387 e. The number of aliphatic imine (C=N–C) groups is 2. The Bertz CT molecular complexity index is 1190. The average molecular weight is 533 g/mol. The normalized spacial score (nSPS) is 27.3. The van der Waals surface area contributed by atoms with Crippen molar-refractivity contribution in [1.29, 1.82) is 0 Å². The number of nitrogens with one attached hydrogen (secondary N) is 1. The number of benzene rings is 1. The van der Waals surface area contributed by atoms with E-state index < -0.39 is 0 Å². The van der Waals surface area contributed by atoms with Gasteiger partial charge in [0.2, 0.25) is 0 Å². The number of rotatable bonds is 0. The molecule has 4 rings (SSSR count). The average Bonchev–Trinajstić information content (AvgIpc) is 2.88. The number of allylic oxidation sites excluding steroid dienone is 2. The van der Waals surface area contributed by atoms with Crippen LogP contribution in [0.25, 0.3) is 5.70 Å². The maximum atomic E-state index is 14.5. The molecule has 3 heterocycles. The zero-order chi connectivity index (χ0) is 27.9. The van der Waals surface area contributed by atoms with Crippen LogP contribution in [-0.4, -0.2) is 79.1 Å². The number of nitrogens with zero attached hydrogens (tertiary/aromatic N) is 5. The first-order valence-corrected chi connectivity index (χ1v) is 14.3. The number of aryl methyl sites for hydroxylation is 1. The monoisotopic (exact) mass is 532 g/mol. The summed E-state index contributed by atoms with van der Waals surface area (Å²) in [5, 5.41) is 3.49. The highest BCUT2D eigenvalue weighted by molar-refractivity contribution is 6.01. The molecule has 0 aromatic heterocycles. The predicted octanol–water partition coefficient (Wildman–Crippen LogP) is 5.61. The molecule has 0 radical (unpaired) electrons. The Kier molecular flexibility index (Phi) is 9.65. The van der Waals surface area contributed by atoms with Crippen LogP contribution in [0.2, 0.25) is 0 Å². The first kappa shape index (κ1) is 28.7. The first-order chi connectivity index (χ1) is 18.8. The van der Waals surface area contributed by atoms with Crippen molar-refractivity contribution in [2.24, 2.45) is 9.98 Å². The second-order valence-electron chi connectivity index (χ2n) is 11.0. The summed E-state index contributed by atoms with van der Waals surface area (Å²) < 4.78 is 14.5. The Balaban J connectivity index is 1.74. The van der Waals surface area contributed by atoms with E-state index in [2.05, 4.69) is 66.2 Å². The molecule has 210 valence electrons. The van der Waals surface area contributed by atoms with E-state index in [-0.39, 0.29) is 11.9 Å². The second kappa shape index (κ2) is 13.1. The first-order valence-electron chi connectivity index (χ1n) is 14.3. The molecular formula is C32H45FN6. The summed E-state index contributed by atoms with van der Waals surface area (Å²) in [6, 6.07) is 5.21. The molecule has 1 N–H and O–H groups in total. The van der Waals surface area contributed by atoms with Gasteiger partial charge in [0, 0.05) is 68.6 Å². The molecule has 3 aliphatic heterocycles. The summed E-state index contributed by atoms with van der Waals surface area (Å²) >= 11 is 0. The summed E-state index contributed by atoms with van der Waals surface area (Å²) in [6.07, 6.45) is 10.4. The number of likely N-dealkylation sites (tertiary alicyclic amines) is 1. The van der Waals surface area contributed by atoms with Gasteiger partial charge in [-0.2, -0.15) is 0 Å². The molecule has 39 heavy (non-hydrogen) atoms. The Labute approximate surface area is 234 Å².